The third-order valence-corrected chi connectivity index (χ3v) is 5.32. The van der Waals surface area contributed by atoms with Gasteiger partial charge in [-0.3, -0.25) is 4.79 Å². The molecule has 1 amide bonds. The Labute approximate surface area is 175 Å². The summed E-state index contributed by atoms with van der Waals surface area (Å²) in [4.78, 5) is 16.4. The van der Waals surface area contributed by atoms with E-state index in [1.807, 2.05) is 25.3 Å². The molecule has 0 unspecified atom stereocenters. The first-order chi connectivity index (χ1) is 14.4. The second-order valence-electron chi connectivity index (χ2n) is 6.66. The molecule has 0 saturated heterocycles. The van der Waals surface area contributed by atoms with Crippen molar-refractivity contribution in [2.45, 2.75) is 20.3 Å². The van der Waals surface area contributed by atoms with Gasteiger partial charge in [-0.05, 0) is 43.7 Å². The minimum Gasteiger partial charge on any atom is -0.482 e. The highest BCUT2D eigenvalue weighted by atomic mass is 32.1. The summed E-state index contributed by atoms with van der Waals surface area (Å²) in [7, 11) is 0. The van der Waals surface area contributed by atoms with Gasteiger partial charge in [0.25, 0.3) is 5.91 Å². The van der Waals surface area contributed by atoms with Gasteiger partial charge >= 0.3 is 0 Å². The molecule has 4 rings (SSSR count). The van der Waals surface area contributed by atoms with Crippen LogP contribution in [-0.4, -0.2) is 22.9 Å². The lowest BCUT2D eigenvalue weighted by Gasteiger charge is -2.18. The van der Waals surface area contributed by atoms with E-state index in [1.165, 1.54) is 17.4 Å². The Morgan fingerprint density at radius 1 is 1.27 bits per heavy atom. The Hall–Kier alpha value is -3.33. The number of aromatic nitrogens is 1. The number of nitrogens with zero attached hydrogens (tertiary/aromatic N) is 3. The number of carbonyl (C=O) groups excluding carboxylic acids is 1. The van der Waals surface area contributed by atoms with Crippen molar-refractivity contribution < 1.29 is 18.3 Å². The monoisotopic (exact) mass is 428 g/mol. The number of thiazole rings is 1. The second kappa shape index (κ2) is 8.19. The number of hydrogen-bond donors (Lipinski definition) is 1. The third-order valence-electron chi connectivity index (χ3n) is 4.50. The first-order valence-corrected chi connectivity index (χ1v) is 10.1. The number of ether oxygens (including phenoxy) is 1. The molecule has 1 aromatic heterocycles. The normalized spacial score (nSPS) is 14.3. The zero-order valence-corrected chi connectivity index (χ0v) is 17.1. The molecule has 154 valence electrons. The van der Waals surface area contributed by atoms with Crippen LogP contribution in [0.15, 0.2) is 51.9 Å². The maximum absolute atomic E-state index is 14.1. The van der Waals surface area contributed by atoms with Crippen molar-refractivity contribution in [2.24, 2.45) is 10.1 Å². The number of amides is 1. The van der Waals surface area contributed by atoms with E-state index < -0.39 is 11.6 Å². The van der Waals surface area contributed by atoms with Gasteiger partial charge < -0.3 is 10.1 Å². The van der Waals surface area contributed by atoms with Crippen LogP contribution in [0.5, 0.6) is 5.75 Å². The Morgan fingerprint density at radius 2 is 2.10 bits per heavy atom. The lowest BCUT2D eigenvalue weighted by molar-refractivity contribution is -0.118. The molecule has 0 spiro atoms. The highest BCUT2D eigenvalue weighted by Crippen LogP contribution is 2.33. The fourth-order valence-corrected chi connectivity index (χ4v) is 3.67. The highest BCUT2D eigenvalue weighted by molar-refractivity contribution is 7.07. The molecule has 0 radical (unpaired) electrons. The van der Waals surface area contributed by atoms with Gasteiger partial charge in [0.05, 0.1) is 11.4 Å². The Morgan fingerprint density at radius 3 is 2.87 bits per heavy atom. The van der Waals surface area contributed by atoms with Crippen molar-refractivity contribution in [3.8, 4) is 17.0 Å². The summed E-state index contributed by atoms with van der Waals surface area (Å²) in [5.41, 5.74) is 2.95. The fraction of sp³-hybridized carbons (Fsp3) is 0.190. The van der Waals surface area contributed by atoms with E-state index in [2.05, 4.69) is 15.4 Å². The number of halogens is 2. The van der Waals surface area contributed by atoms with Gasteiger partial charge in [-0.2, -0.15) is 5.10 Å². The number of rotatable bonds is 4. The van der Waals surface area contributed by atoms with Crippen LogP contribution < -0.4 is 14.9 Å². The summed E-state index contributed by atoms with van der Waals surface area (Å²) in [6, 6.07) is 8.67. The van der Waals surface area contributed by atoms with Crippen LogP contribution in [0.4, 0.5) is 20.2 Å². The van der Waals surface area contributed by atoms with Crippen molar-refractivity contribution in [1.82, 2.24) is 4.68 Å². The Bertz CT molecular complexity index is 1230. The molecule has 1 N–H and O–H groups in total. The quantitative estimate of drug-likeness (QED) is 0.613. The molecule has 1 aliphatic rings. The zero-order chi connectivity index (χ0) is 21.3. The molecule has 1 aliphatic heterocycles. The van der Waals surface area contributed by atoms with Crippen LogP contribution in [0.3, 0.4) is 0 Å². The highest BCUT2D eigenvalue weighted by Gasteiger charge is 2.18. The molecule has 0 atom stereocenters. The van der Waals surface area contributed by atoms with Crippen LogP contribution in [0.1, 0.15) is 20.3 Å². The molecule has 0 saturated carbocycles. The van der Waals surface area contributed by atoms with Crippen molar-refractivity contribution in [3.05, 3.63) is 58.2 Å². The molecule has 2 aromatic carbocycles. The maximum Gasteiger partial charge on any atom is 0.262 e. The summed E-state index contributed by atoms with van der Waals surface area (Å²) < 4.78 is 34.4. The summed E-state index contributed by atoms with van der Waals surface area (Å²) >= 11 is 1.28. The fourth-order valence-electron chi connectivity index (χ4n) is 2.83. The number of fused-ring (bicyclic) bond motifs is 1. The van der Waals surface area contributed by atoms with E-state index >= 15 is 0 Å². The van der Waals surface area contributed by atoms with Crippen LogP contribution in [-0.2, 0) is 4.79 Å². The second-order valence-corrected chi connectivity index (χ2v) is 7.50. The molecule has 0 bridgehead atoms. The third kappa shape index (κ3) is 4.02. The smallest absolute Gasteiger partial charge is 0.262 e. The summed E-state index contributed by atoms with van der Waals surface area (Å²) in [6.07, 6.45) is 0.723. The van der Waals surface area contributed by atoms with Crippen molar-refractivity contribution >= 4 is 34.3 Å². The topological polar surface area (TPSA) is 68.0 Å². The summed E-state index contributed by atoms with van der Waals surface area (Å²) in [5, 5.41) is 9.25. The van der Waals surface area contributed by atoms with Crippen LogP contribution >= 0.6 is 11.3 Å². The SMILES string of the molecule is CCC(C)=Nn1c(-c2ccc3c(c2)NC(=O)CO3)csc1=Nc1ccc(F)cc1F. The molecule has 9 heteroatoms. The molecule has 30 heavy (non-hydrogen) atoms. The van der Waals surface area contributed by atoms with Gasteiger partial charge in [0.1, 0.15) is 17.3 Å². The van der Waals surface area contributed by atoms with E-state index in [1.54, 1.807) is 16.8 Å². The van der Waals surface area contributed by atoms with Crippen LogP contribution in [0.2, 0.25) is 0 Å². The largest absolute Gasteiger partial charge is 0.482 e. The molecule has 3 aromatic rings. The summed E-state index contributed by atoms with van der Waals surface area (Å²) in [5.74, 6) is -1.04. The van der Waals surface area contributed by atoms with Gasteiger partial charge in [0.15, 0.2) is 12.4 Å². The van der Waals surface area contributed by atoms with Gasteiger partial charge in [0, 0.05) is 22.7 Å². The molecule has 0 aliphatic carbocycles. The van der Waals surface area contributed by atoms with Gasteiger partial charge in [-0.25, -0.2) is 18.4 Å². The van der Waals surface area contributed by atoms with E-state index in [-0.39, 0.29) is 18.2 Å². The van der Waals surface area contributed by atoms with E-state index in [0.717, 1.165) is 35.5 Å². The molecular formula is C21H18F2N4O2S. The van der Waals surface area contributed by atoms with E-state index in [4.69, 9.17) is 4.74 Å². The lowest BCUT2D eigenvalue weighted by Crippen LogP contribution is -2.25. The Balaban J connectivity index is 1.86. The van der Waals surface area contributed by atoms with Gasteiger partial charge in [-0.1, -0.05) is 6.92 Å². The van der Waals surface area contributed by atoms with Crippen LogP contribution in [0.25, 0.3) is 11.3 Å². The first-order valence-electron chi connectivity index (χ1n) is 9.26. The van der Waals surface area contributed by atoms with Crippen molar-refractivity contribution in [3.63, 3.8) is 0 Å². The predicted octanol–water partition coefficient (Wildman–Crippen LogP) is 4.69. The molecular weight excluding hydrogens is 410 g/mol. The number of anilines is 1. The van der Waals surface area contributed by atoms with Gasteiger partial charge in [0.2, 0.25) is 4.80 Å². The Kier molecular flexibility index (Phi) is 5.45. The number of hydrogen-bond acceptors (Lipinski definition) is 5. The minimum absolute atomic E-state index is 0.0168. The van der Waals surface area contributed by atoms with Crippen molar-refractivity contribution in [1.29, 1.82) is 0 Å². The average molecular weight is 428 g/mol. The van der Waals surface area contributed by atoms with Gasteiger partial charge in [-0.15, -0.1) is 11.3 Å². The van der Waals surface area contributed by atoms with E-state index in [0.29, 0.717) is 16.2 Å². The average Bonchev–Trinajstić information content (AvgIpc) is 3.11. The summed E-state index contributed by atoms with van der Waals surface area (Å²) in [6.45, 7) is 3.85. The van der Waals surface area contributed by atoms with Crippen molar-refractivity contribution in [2.75, 3.05) is 11.9 Å². The molecule has 6 nitrogen and oxygen atoms in total. The molecule has 0 fully saturated rings. The lowest BCUT2D eigenvalue weighted by atomic mass is 10.1. The van der Waals surface area contributed by atoms with E-state index in [9.17, 15) is 13.6 Å². The minimum atomic E-state index is -0.749. The van der Waals surface area contributed by atoms with Crippen LogP contribution in [0, 0.1) is 11.6 Å². The number of nitrogens with one attached hydrogen (secondary N) is 1. The predicted molar refractivity (Wildman–Crippen MR) is 112 cm³/mol. The maximum atomic E-state index is 14.1. The number of carbonyl (C=O) groups is 1. The standard InChI is InChI=1S/C21H18F2N4O2S/c1-3-12(2)26-27-18(13-4-7-19-17(8-13)24-20(28)10-29-19)11-30-21(27)25-16-6-5-14(22)9-15(16)23/h4-9,11H,3,10H2,1-2H3,(H,24,28). The number of benzene rings is 2. The zero-order valence-electron chi connectivity index (χ0n) is 16.3. The molecule has 2 heterocycles. The first kappa shape index (κ1) is 20.0.